The Labute approximate surface area is 119 Å². The van der Waals surface area contributed by atoms with Crippen molar-refractivity contribution >= 4 is 11.6 Å². The zero-order valence-corrected chi connectivity index (χ0v) is 11.1. The van der Waals surface area contributed by atoms with Crippen molar-refractivity contribution in [2.24, 2.45) is 5.92 Å². The summed E-state index contributed by atoms with van der Waals surface area (Å²) in [6.45, 7) is 0.665. The van der Waals surface area contributed by atoms with E-state index >= 15 is 0 Å². The molecular formula is C14H14F3N3O. The number of carbonyl (C=O) groups is 1. The van der Waals surface area contributed by atoms with Gasteiger partial charge in [-0.3, -0.25) is 4.79 Å². The molecule has 1 fully saturated rings. The average Bonchev–Trinajstić information content (AvgIpc) is 3.26. The normalized spacial score (nSPS) is 14.4. The van der Waals surface area contributed by atoms with Gasteiger partial charge in [0.05, 0.1) is 17.2 Å². The summed E-state index contributed by atoms with van der Waals surface area (Å²) < 4.78 is 38.3. The average molecular weight is 297 g/mol. The van der Waals surface area contributed by atoms with Gasteiger partial charge in [-0.2, -0.15) is 18.4 Å². The lowest BCUT2D eigenvalue weighted by atomic mass is 10.1. The van der Waals surface area contributed by atoms with Crippen LogP contribution in [0.3, 0.4) is 0 Å². The lowest BCUT2D eigenvalue weighted by Gasteiger charge is -2.12. The summed E-state index contributed by atoms with van der Waals surface area (Å²) in [7, 11) is 0. The van der Waals surface area contributed by atoms with E-state index in [0.29, 0.717) is 13.1 Å². The summed E-state index contributed by atoms with van der Waals surface area (Å²) in [5.41, 5.74) is -1.10. The summed E-state index contributed by atoms with van der Waals surface area (Å²) in [6, 6.07) is 4.98. The number of nitrogens with zero attached hydrogens (tertiary/aromatic N) is 1. The molecule has 0 heterocycles. The maximum atomic E-state index is 12.8. The van der Waals surface area contributed by atoms with Crippen LogP contribution in [0, 0.1) is 17.2 Å². The molecule has 0 unspecified atom stereocenters. The van der Waals surface area contributed by atoms with Crippen LogP contribution in [0.5, 0.6) is 0 Å². The molecule has 1 aliphatic rings. The van der Waals surface area contributed by atoms with E-state index in [-0.39, 0.29) is 17.5 Å². The Bertz CT molecular complexity index is 574. The van der Waals surface area contributed by atoms with Crippen molar-refractivity contribution < 1.29 is 18.0 Å². The Balaban J connectivity index is 1.91. The number of hydrogen-bond acceptors (Lipinski definition) is 3. The maximum Gasteiger partial charge on any atom is 0.417 e. The van der Waals surface area contributed by atoms with E-state index in [1.54, 1.807) is 0 Å². The molecule has 0 spiro atoms. The second-order valence-corrected chi connectivity index (χ2v) is 4.86. The third-order valence-corrected chi connectivity index (χ3v) is 3.15. The highest BCUT2D eigenvalue weighted by Gasteiger charge is 2.33. The van der Waals surface area contributed by atoms with Crippen molar-refractivity contribution in [3.63, 3.8) is 0 Å². The topological polar surface area (TPSA) is 64.9 Å². The predicted molar refractivity (Wildman–Crippen MR) is 70.4 cm³/mol. The van der Waals surface area contributed by atoms with Crippen molar-refractivity contribution in [2.45, 2.75) is 19.0 Å². The number of nitrogens with one attached hydrogen (secondary N) is 2. The lowest BCUT2D eigenvalue weighted by Crippen LogP contribution is -2.29. The van der Waals surface area contributed by atoms with Gasteiger partial charge in [-0.05, 0) is 31.0 Å². The van der Waals surface area contributed by atoms with Gasteiger partial charge in [0.1, 0.15) is 0 Å². The third kappa shape index (κ3) is 4.12. The molecule has 112 valence electrons. The van der Waals surface area contributed by atoms with Gasteiger partial charge < -0.3 is 10.6 Å². The first-order valence-electron chi connectivity index (χ1n) is 6.54. The van der Waals surface area contributed by atoms with Crippen LogP contribution in [0.1, 0.15) is 24.0 Å². The van der Waals surface area contributed by atoms with E-state index in [1.165, 1.54) is 12.1 Å². The molecule has 0 atom stereocenters. The number of nitriles is 1. The molecule has 1 saturated carbocycles. The Hall–Kier alpha value is -2.23. The van der Waals surface area contributed by atoms with Crippen LogP contribution >= 0.6 is 0 Å². The van der Waals surface area contributed by atoms with Crippen molar-refractivity contribution in [3.05, 3.63) is 29.3 Å². The SMILES string of the molecule is N#Cc1ccc(NCCNC(=O)C2CC2)cc1C(F)(F)F. The highest BCUT2D eigenvalue weighted by molar-refractivity contribution is 5.80. The number of benzene rings is 1. The van der Waals surface area contributed by atoms with Gasteiger partial charge in [0.25, 0.3) is 0 Å². The first-order valence-corrected chi connectivity index (χ1v) is 6.54. The van der Waals surface area contributed by atoms with Gasteiger partial charge in [-0.15, -0.1) is 0 Å². The fourth-order valence-corrected chi connectivity index (χ4v) is 1.87. The largest absolute Gasteiger partial charge is 0.417 e. The van der Waals surface area contributed by atoms with Gasteiger partial charge in [0.15, 0.2) is 0 Å². The van der Waals surface area contributed by atoms with Gasteiger partial charge in [-0.1, -0.05) is 0 Å². The maximum absolute atomic E-state index is 12.8. The van der Waals surface area contributed by atoms with E-state index in [4.69, 9.17) is 5.26 Å². The molecule has 2 N–H and O–H groups in total. The molecule has 2 rings (SSSR count). The van der Waals surface area contributed by atoms with Crippen LogP contribution in [0.2, 0.25) is 0 Å². The molecule has 0 aromatic heterocycles. The minimum atomic E-state index is -4.57. The number of rotatable bonds is 5. The lowest BCUT2D eigenvalue weighted by molar-refractivity contribution is -0.137. The van der Waals surface area contributed by atoms with E-state index in [1.807, 2.05) is 0 Å². The number of alkyl halides is 3. The number of anilines is 1. The van der Waals surface area contributed by atoms with Crippen LogP contribution in [-0.2, 0) is 11.0 Å². The van der Waals surface area contributed by atoms with Crippen LogP contribution in [0.15, 0.2) is 18.2 Å². The first kappa shape index (κ1) is 15.2. The number of carbonyl (C=O) groups excluding carboxylic acids is 1. The molecule has 21 heavy (non-hydrogen) atoms. The van der Waals surface area contributed by atoms with Crippen molar-refractivity contribution in [1.29, 1.82) is 5.26 Å². The van der Waals surface area contributed by atoms with Crippen LogP contribution in [0.4, 0.5) is 18.9 Å². The molecular weight excluding hydrogens is 283 g/mol. The summed E-state index contributed by atoms with van der Waals surface area (Å²) in [5.74, 6) is 0.101. The smallest absolute Gasteiger partial charge is 0.383 e. The van der Waals surface area contributed by atoms with E-state index in [0.717, 1.165) is 25.0 Å². The number of amides is 1. The van der Waals surface area contributed by atoms with E-state index < -0.39 is 17.3 Å². The summed E-state index contributed by atoms with van der Waals surface area (Å²) in [6.07, 6.45) is -2.75. The quantitative estimate of drug-likeness (QED) is 0.821. The molecule has 1 aromatic rings. The van der Waals surface area contributed by atoms with Crippen LogP contribution in [-0.4, -0.2) is 19.0 Å². The molecule has 1 aromatic carbocycles. The second kappa shape index (κ2) is 6.04. The van der Waals surface area contributed by atoms with Gasteiger partial charge in [-0.25, -0.2) is 0 Å². The highest BCUT2D eigenvalue weighted by Crippen LogP contribution is 2.33. The molecule has 1 amide bonds. The number of halogens is 3. The van der Waals surface area contributed by atoms with Crippen LogP contribution < -0.4 is 10.6 Å². The summed E-state index contributed by atoms with van der Waals surface area (Å²) in [5, 5.41) is 14.2. The standard InChI is InChI=1S/C14H14F3N3O/c15-14(16,17)12-7-11(4-3-10(12)8-18)19-5-6-20-13(21)9-1-2-9/h3-4,7,9,19H,1-2,5-6H2,(H,20,21). The molecule has 0 saturated heterocycles. The Kier molecular flexibility index (Phi) is 4.36. The van der Waals surface area contributed by atoms with Crippen molar-refractivity contribution in [3.8, 4) is 6.07 Å². The summed E-state index contributed by atoms with van der Waals surface area (Å²) in [4.78, 5) is 11.4. The fourth-order valence-electron chi connectivity index (χ4n) is 1.87. The minimum Gasteiger partial charge on any atom is -0.383 e. The van der Waals surface area contributed by atoms with E-state index in [2.05, 4.69) is 10.6 Å². The van der Waals surface area contributed by atoms with E-state index in [9.17, 15) is 18.0 Å². The van der Waals surface area contributed by atoms with Crippen molar-refractivity contribution in [2.75, 3.05) is 18.4 Å². The van der Waals surface area contributed by atoms with Crippen molar-refractivity contribution in [1.82, 2.24) is 5.32 Å². The summed E-state index contributed by atoms with van der Waals surface area (Å²) >= 11 is 0. The Morgan fingerprint density at radius 2 is 2.05 bits per heavy atom. The zero-order valence-electron chi connectivity index (χ0n) is 11.1. The molecule has 0 radical (unpaired) electrons. The number of hydrogen-bond donors (Lipinski definition) is 2. The molecule has 7 heteroatoms. The molecule has 4 nitrogen and oxygen atoms in total. The van der Waals surface area contributed by atoms with Gasteiger partial charge >= 0.3 is 6.18 Å². The fraction of sp³-hybridized carbons (Fsp3) is 0.429. The van der Waals surface area contributed by atoms with Gasteiger partial charge in [0.2, 0.25) is 5.91 Å². The third-order valence-electron chi connectivity index (χ3n) is 3.15. The molecule has 1 aliphatic carbocycles. The Morgan fingerprint density at radius 1 is 1.33 bits per heavy atom. The first-order chi connectivity index (χ1) is 9.91. The molecule has 0 aliphatic heterocycles. The minimum absolute atomic E-state index is 0.00684. The highest BCUT2D eigenvalue weighted by atomic mass is 19.4. The second-order valence-electron chi connectivity index (χ2n) is 4.86. The zero-order chi connectivity index (χ0) is 15.5. The predicted octanol–water partition coefficient (Wildman–Crippen LogP) is 2.52. The Morgan fingerprint density at radius 3 is 2.62 bits per heavy atom. The van der Waals surface area contributed by atoms with Crippen LogP contribution in [0.25, 0.3) is 0 Å². The van der Waals surface area contributed by atoms with Gasteiger partial charge in [0, 0.05) is 24.7 Å². The monoisotopic (exact) mass is 297 g/mol. The molecule has 0 bridgehead atoms.